The van der Waals surface area contributed by atoms with Crippen LogP contribution in [-0.4, -0.2) is 36.3 Å². The molecule has 1 N–H and O–H groups in total. The molecule has 1 atom stereocenters. The van der Waals surface area contributed by atoms with Crippen LogP contribution in [0.2, 0.25) is 0 Å². The Morgan fingerprint density at radius 3 is 2.60 bits per heavy atom. The molecule has 3 aromatic rings. The van der Waals surface area contributed by atoms with E-state index in [4.69, 9.17) is 4.74 Å². The van der Waals surface area contributed by atoms with Gasteiger partial charge in [-0.3, -0.25) is 4.79 Å². The van der Waals surface area contributed by atoms with Crippen LogP contribution in [0.1, 0.15) is 18.4 Å². The second-order valence-corrected chi connectivity index (χ2v) is 7.62. The highest BCUT2D eigenvalue weighted by Gasteiger charge is 2.27. The summed E-state index contributed by atoms with van der Waals surface area (Å²) in [7, 11) is 1.60. The van der Waals surface area contributed by atoms with Gasteiger partial charge in [0, 0.05) is 18.7 Å². The molecule has 0 spiro atoms. The van der Waals surface area contributed by atoms with Crippen LogP contribution in [0, 0.1) is 12.8 Å². The zero-order valence-electron chi connectivity index (χ0n) is 17.3. The van der Waals surface area contributed by atoms with E-state index < -0.39 is 0 Å². The first-order valence-electron chi connectivity index (χ1n) is 10.2. The summed E-state index contributed by atoms with van der Waals surface area (Å²) in [6.07, 6.45) is 1.79. The molecule has 1 aromatic heterocycles. The standard InChI is InChI=1S/C24H26N4O2/c1-17-9-11-18(12-10-17)20-13-14-23(27-26-20)28-15-5-6-19(16-28)24(29)25-21-7-3-4-8-22(21)30-2/h3-4,7-14,19H,5-6,15-16H2,1-2H3,(H,25,29)/t19-/m0/s1. The number of methoxy groups -OCH3 is 1. The van der Waals surface area contributed by atoms with E-state index in [-0.39, 0.29) is 11.8 Å². The average Bonchev–Trinajstić information content (AvgIpc) is 2.80. The molecular weight excluding hydrogens is 376 g/mol. The van der Waals surface area contributed by atoms with Gasteiger partial charge in [0.25, 0.3) is 0 Å². The quantitative estimate of drug-likeness (QED) is 0.689. The number of nitrogens with zero attached hydrogens (tertiary/aromatic N) is 3. The number of rotatable bonds is 5. The lowest BCUT2D eigenvalue weighted by Gasteiger charge is -2.32. The Hall–Kier alpha value is -3.41. The van der Waals surface area contributed by atoms with Crippen LogP contribution in [0.25, 0.3) is 11.3 Å². The van der Waals surface area contributed by atoms with Crippen molar-refractivity contribution >= 4 is 17.4 Å². The maximum atomic E-state index is 12.8. The molecule has 0 aliphatic carbocycles. The molecule has 4 rings (SSSR count). The van der Waals surface area contributed by atoms with E-state index in [1.165, 1.54) is 5.56 Å². The summed E-state index contributed by atoms with van der Waals surface area (Å²) in [6.45, 7) is 3.56. The third-order valence-electron chi connectivity index (χ3n) is 5.48. The first-order valence-corrected chi connectivity index (χ1v) is 10.2. The molecule has 1 amide bonds. The van der Waals surface area contributed by atoms with Gasteiger partial charge in [0.05, 0.1) is 24.4 Å². The van der Waals surface area contributed by atoms with E-state index in [0.717, 1.165) is 36.5 Å². The number of hydrogen-bond acceptors (Lipinski definition) is 5. The number of benzene rings is 2. The fraction of sp³-hybridized carbons (Fsp3) is 0.292. The fourth-order valence-electron chi connectivity index (χ4n) is 3.75. The van der Waals surface area contributed by atoms with Gasteiger partial charge in [-0.05, 0) is 44.0 Å². The van der Waals surface area contributed by atoms with Crippen LogP contribution >= 0.6 is 0 Å². The number of aromatic nitrogens is 2. The molecule has 1 saturated heterocycles. The summed E-state index contributed by atoms with van der Waals surface area (Å²) in [5.74, 6) is 1.37. The van der Waals surface area contributed by atoms with Crippen LogP contribution in [0.15, 0.2) is 60.7 Å². The van der Waals surface area contributed by atoms with Crippen LogP contribution in [-0.2, 0) is 4.79 Å². The first-order chi connectivity index (χ1) is 14.6. The molecule has 30 heavy (non-hydrogen) atoms. The van der Waals surface area contributed by atoms with Crippen molar-refractivity contribution in [1.29, 1.82) is 0 Å². The summed E-state index contributed by atoms with van der Waals surface area (Å²) < 4.78 is 5.33. The summed E-state index contributed by atoms with van der Waals surface area (Å²) in [6, 6.07) is 19.7. The Labute approximate surface area is 176 Å². The van der Waals surface area contributed by atoms with E-state index in [0.29, 0.717) is 18.0 Å². The summed E-state index contributed by atoms with van der Waals surface area (Å²) in [4.78, 5) is 15.0. The zero-order chi connectivity index (χ0) is 20.9. The summed E-state index contributed by atoms with van der Waals surface area (Å²) >= 11 is 0. The fourth-order valence-corrected chi connectivity index (χ4v) is 3.75. The minimum absolute atomic E-state index is 0.00781. The number of para-hydroxylation sites is 2. The summed E-state index contributed by atoms with van der Waals surface area (Å²) in [5.41, 5.74) is 3.81. The van der Waals surface area contributed by atoms with E-state index in [1.807, 2.05) is 36.4 Å². The molecule has 154 valence electrons. The van der Waals surface area contributed by atoms with Gasteiger partial charge in [0.15, 0.2) is 5.82 Å². The van der Waals surface area contributed by atoms with Crippen molar-refractivity contribution < 1.29 is 9.53 Å². The zero-order valence-corrected chi connectivity index (χ0v) is 17.3. The lowest BCUT2D eigenvalue weighted by molar-refractivity contribution is -0.120. The second-order valence-electron chi connectivity index (χ2n) is 7.62. The summed E-state index contributed by atoms with van der Waals surface area (Å²) in [5, 5.41) is 11.8. The Morgan fingerprint density at radius 2 is 1.87 bits per heavy atom. The van der Waals surface area contributed by atoms with Crippen molar-refractivity contribution in [3.05, 3.63) is 66.2 Å². The third-order valence-corrected chi connectivity index (χ3v) is 5.48. The van der Waals surface area contributed by atoms with Crippen LogP contribution in [0.3, 0.4) is 0 Å². The van der Waals surface area contributed by atoms with Crippen molar-refractivity contribution in [3.8, 4) is 17.0 Å². The van der Waals surface area contributed by atoms with Crippen molar-refractivity contribution in [2.24, 2.45) is 5.92 Å². The van der Waals surface area contributed by atoms with E-state index in [1.54, 1.807) is 7.11 Å². The molecular formula is C24H26N4O2. The number of nitrogens with one attached hydrogen (secondary N) is 1. The minimum atomic E-state index is -0.109. The van der Waals surface area contributed by atoms with Crippen LogP contribution < -0.4 is 15.0 Å². The SMILES string of the molecule is COc1ccccc1NC(=O)[C@H]1CCCN(c2ccc(-c3ccc(C)cc3)nn2)C1. The maximum absolute atomic E-state index is 12.8. The lowest BCUT2D eigenvalue weighted by atomic mass is 9.97. The number of carbonyl (C=O) groups excluding carboxylic acids is 1. The van der Waals surface area contributed by atoms with Gasteiger partial charge in [0.2, 0.25) is 5.91 Å². The Morgan fingerprint density at radius 1 is 1.07 bits per heavy atom. The van der Waals surface area contributed by atoms with Gasteiger partial charge >= 0.3 is 0 Å². The first kappa shape index (κ1) is 19.9. The van der Waals surface area contributed by atoms with Crippen molar-refractivity contribution in [3.63, 3.8) is 0 Å². The van der Waals surface area contributed by atoms with Gasteiger partial charge < -0.3 is 15.0 Å². The molecule has 0 radical (unpaired) electrons. The molecule has 1 aliphatic rings. The Kier molecular flexibility index (Phi) is 5.93. The largest absolute Gasteiger partial charge is 0.495 e. The average molecular weight is 402 g/mol. The molecule has 6 nitrogen and oxygen atoms in total. The van der Waals surface area contributed by atoms with Crippen molar-refractivity contribution in [2.45, 2.75) is 19.8 Å². The molecule has 0 bridgehead atoms. The van der Waals surface area contributed by atoms with E-state index in [2.05, 4.69) is 51.6 Å². The van der Waals surface area contributed by atoms with E-state index >= 15 is 0 Å². The number of amides is 1. The molecule has 1 fully saturated rings. The Bertz CT molecular complexity index is 1000. The number of anilines is 2. The number of ether oxygens (including phenoxy) is 1. The predicted octanol–water partition coefficient (Wildman–Crippen LogP) is 4.32. The smallest absolute Gasteiger partial charge is 0.229 e. The normalized spacial score (nSPS) is 16.2. The molecule has 2 aromatic carbocycles. The van der Waals surface area contributed by atoms with Crippen molar-refractivity contribution in [2.75, 3.05) is 30.4 Å². The lowest BCUT2D eigenvalue weighted by Crippen LogP contribution is -2.41. The molecule has 0 saturated carbocycles. The highest BCUT2D eigenvalue weighted by Crippen LogP contribution is 2.27. The molecule has 6 heteroatoms. The van der Waals surface area contributed by atoms with Gasteiger partial charge in [-0.25, -0.2) is 0 Å². The Balaban J connectivity index is 1.43. The highest BCUT2D eigenvalue weighted by molar-refractivity contribution is 5.94. The van der Waals surface area contributed by atoms with Crippen LogP contribution in [0.5, 0.6) is 5.75 Å². The predicted molar refractivity (Wildman–Crippen MR) is 119 cm³/mol. The van der Waals surface area contributed by atoms with Crippen LogP contribution in [0.4, 0.5) is 11.5 Å². The number of aryl methyl sites for hydroxylation is 1. The number of carbonyl (C=O) groups is 1. The number of piperidine rings is 1. The monoisotopic (exact) mass is 402 g/mol. The third kappa shape index (κ3) is 4.43. The maximum Gasteiger partial charge on any atom is 0.229 e. The van der Waals surface area contributed by atoms with Gasteiger partial charge in [0.1, 0.15) is 5.75 Å². The molecule has 0 unspecified atom stereocenters. The molecule has 1 aliphatic heterocycles. The van der Waals surface area contributed by atoms with Gasteiger partial charge in [-0.1, -0.05) is 42.0 Å². The van der Waals surface area contributed by atoms with Gasteiger partial charge in [-0.2, -0.15) is 0 Å². The number of hydrogen-bond donors (Lipinski definition) is 1. The molecule has 2 heterocycles. The van der Waals surface area contributed by atoms with E-state index in [9.17, 15) is 4.79 Å². The highest BCUT2D eigenvalue weighted by atomic mass is 16.5. The van der Waals surface area contributed by atoms with Gasteiger partial charge in [-0.15, -0.1) is 10.2 Å². The topological polar surface area (TPSA) is 67.3 Å². The van der Waals surface area contributed by atoms with Crippen molar-refractivity contribution in [1.82, 2.24) is 10.2 Å². The second kappa shape index (κ2) is 8.95. The minimum Gasteiger partial charge on any atom is -0.495 e.